The number of benzene rings is 1. The van der Waals surface area contributed by atoms with Crippen molar-refractivity contribution in [1.82, 2.24) is 5.32 Å². The van der Waals surface area contributed by atoms with Gasteiger partial charge in [-0.15, -0.1) is 0 Å². The Morgan fingerprint density at radius 2 is 1.79 bits per heavy atom. The van der Waals surface area contributed by atoms with Crippen LogP contribution in [0.25, 0.3) is 0 Å². The lowest BCUT2D eigenvalue weighted by Gasteiger charge is -2.15. The van der Waals surface area contributed by atoms with Crippen molar-refractivity contribution in [3.8, 4) is 0 Å². The standard InChI is InChI=1S/C12H19NO/c1-9-4-6-12(7-5-9)11(3)13-8-10(2)14/h4-7,10-11,13-14H,8H2,1-3H3. The molecular formula is C12H19NO. The van der Waals surface area contributed by atoms with Crippen LogP contribution in [-0.2, 0) is 0 Å². The van der Waals surface area contributed by atoms with Gasteiger partial charge in [0.2, 0.25) is 0 Å². The molecule has 0 heterocycles. The zero-order chi connectivity index (χ0) is 10.6. The Bertz CT molecular complexity index is 266. The number of aryl methyl sites for hydroxylation is 1. The van der Waals surface area contributed by atoms with E-state index < -0.39 is 0 Å². The number of nitrogens with one attached hydrogen (secondary N) is 1. The van der Waals surface area contributed by atoms with Crippen molar-refractivity contribution in [2.45, 2.75) is 32.9 Å². The van der Waals surface area contributed by atoms with Crippen molar-refractivity contribution in [1.29, 1.82) is 0 Å². The van der Waals surface area contributed by atoms with Crippen LogP contribution in [0.1, 0.15) is 31.0 Å². The zero-order valence-corrected chi connectivity index (χ0v) is 9.12. The summed E-state index contributed by atoms with van der Waals surface area (Å²) in [7, 11) is 0. The largest absolute Gasteiger partial charge is 0.392 e. The fraction of sp³-hybridized carbons (Fsp3) is 0.500. The lowest BCUT2D eigenvalue weighted by atomic mass is 10.1. The van der Waals surface area contributed by atoms with Gasteiger partial charge in [0.1, 0.15) is 0 Å². The third kappa shape index (κ3) is 3.48. The molecule has 0 spiro atoms. The summed E-state index contributed by atoms with van der Waals surface area (Å²) in [6.07, 6.45) is -0.289. The molecule has 0 bridgehead atoms. The van der Waals surface area contributed by atoms with Crippen LogP contribution in [0.5, 0.6) is 0 Å². The van der Waals surface area contributed by atoms with Gasteiger partial charge >= 0.3 is 0 Å². The molecule has 0 amide bonds. The van der Waals surface area contributed by atoms with E-state index in [-0.39, 0.29) is 6.10 Å². The molecule has 2 heteroatoms. The van der Waals surface area contributed by atoms with E-state index in [0.717, 1.165) is 0 Å². The van der Waals surface area contributed by atoms with Crippen molar-refractivity contribution < 1.29 is 5.11 Å². The summed E-state index contributed by atoms with van der Waals surface area (Å²) in [5, 5.41) is 12.4. The molecule has 2 N–H and O–H groups in total. The molecule has 2 unspecified atom stereocenters. The first-order chi connectivity index (χ1) is 6.59. The lowest BCUT2D eigenvalue weighted by molar-refractivity contribution is 0.187. The Hall–Kier alpha value is -0.860. The second kappa shape index (κ2) is 5.13. The van der Waals surface area contributed by atoms with Gasteiger partial charge in [-0.3, -0.25) is 0 Å². The maximum atomic E-state index is 9.13. The predicted molar refractivity (Wildman–Crippen MR) is 59.3 cm³/mol. The second-order valence-electron chi connectivity index (χ2n) is 3.89. The van der Waals surface area contributed by atoms with Crippen molar-refractivity contribution in [3.05, 3.63) is 35.4 Å². The Balaban J connectivity index is 2.52. The van der Waals surface area contributed by atoms with Gasteiger partial charge in [0.25, 0.3) is 0 Å². The van der Waals surface area contributed by atoms with Gasteiger partial charge in [-0.1, -0.05) is 29.8 Å². The third-order valence-corrected chi connectivity index (χ3v) is 2.30. The topological polar surface area (TPSA) is 32.3 Å². The maximum absolute atomic E-state index is 9.13. The summed E-state index contributed by atoms with van der Waals surface area (Å²) in [5.41, 5.74) is 2.53. The summed E-state index contributed by atoms with van der Waals surface area (Å²) in [6, 6.07) is 8.75. The van der Waals surface area contributed by atoms with E-state index in [4.69, 9.17) is 5.11 Å². The predicted octanol–water partition coefficient (Wildman–Crippen LogP) is 2.03. The minimum atomic E-state index is -0.289. The monoisotopic (exact) mass is 193 g/mol. The molecule has 2 atom stereocenters. The summed E-state index contributed by atoms with van der Waals surface area (Å²) < 4.78 is 0. The van der Waals surface area contributed by atoms with Gasteiger partial charge in [0.05, 0.1) is 6.10 Å². The van der Waals surface area contributed by atoms with Crippen LogP contribution in [0.4, 0.5) is 0 Å². The van der Waals surface area contributed by atoms with Crippen LogP contribution in [0.15, 0.2) is 24.3 Å². The fourth-order valence-corrected chi connectivity index (χ4v) is 1.32. The van der Waals surface area contributed by atoms with E-state index in [1.807, 2.05) is 0 Å². The molecule has 0 radical (unpaired) electrons. The van der Waals surface area contributed by atoms with E-state index in [9.17, 15) is 0 Å². The number of rotatable bonds is 4. The van der Waals surface area contributed by atoms with Crippen molar-refractivity contribution >= 4 is 0 Å². The van der Waals surface area contributed by atoms with E-state index in [1.54, 1.807) is 6.92 Å². The Morgan fingerprint density at radius 1 is 1.21 bits per heavy atom. The fourth-order valence-electron chi connectivity index (χ4n) is 1.32. The van der Waals surface area contributed by atoms with Gasteiger partial charge in [0.15, 0.2) is 0 Å². The van der Waals surface area contributed by atoms with Gasteiger partial charge in [0, 0.05) is 12.6 Å². The molecular weight excluding hydrogens is 174 g/mol. The average Bonchev–Trinajstić information content (AvgIpc) is 2.15. The molecule has 14 heavy (non-hydrogen) atoms. The first-order valence-electron chi connectivity index (χ1n) is 5.07. The van der Waals surface area contributed by atoms with Crippen molar-refractivity contribution in [3.63, 3.8) is 0 Å². The first-order valence-corrected chi connectivity index (χ1v) is 5.07. The molecule has 2 nitrogen and oxygen atoms in total. The van der Waals surface area contributed by atoms with Crippen LogP contribution in [0.2, 0.25) is 0 Å². The van der Waals surface area contributed by atoms with Crippen molar-refractivity contribution in [2.75, 3.05) is 6.54 Å². The van der Waals surface area contributed by atoms with E-state index in [0.29, 0.717) is 12.6 Å². The highest BCUT2D eigenvalue weighted by atomic mass is 16.3. The lowest BCUT2D eigenvalue weighted by Crippen LogP contribution is -2.27. The highest BCUT2D eigenvalue weighted by molar-refractivity contribution is 5.23. The van der Waals surface area contributed by atoms with E-state index in [1.165, 1.54) is 11.1 Å². The molecule has 0 saturated carbocycles. The SMILES string of the molecule is Cc1ccc(C(C)NCC(C)O)cc1. The molecule has 78 valence electrons. The highest BCUT2D eigenvalue weighted by Gasteiger charge is 2.04. The van der Waals surface area contributed by atoms with Crippen LogP contribution in [0, 0.1) is 6.92 Å². The average molecular weight is 193 g/mol. The summed E-state index contributed by atoms with van der Waals surface area (Å²) in [5.74, 6) is 0. The van der Waals surface area contributed by atoms with Crippen LogP contribution < -0.4 is 5.32 Å². The van der Waals surface area contributed by atoms with Crippen molar-refractivity contribution in [2.24, 2.45) is 0 Å². The Morgan fingerprint density at radius 3 is 2.29 bits per heavy atom. The normalized spacial score (nSPS) is 15.1. The van der Waals surface area contributed by atoms with Crippen LogP contribution >= 0.6 is 0 Å². The quantitative estimate of drug-likeness (QED) is 0.767. The number of hydrogen-bond donors (Lipinski definition) is 2. The molecule has 0 aliphatic rings. The van der Waals surface area contributed by atoms with Gasteiger partial charge in [-0.25, -0.2) is 0 Å². The van der Waals surface area contributed by atoms with E-state index >= 15 is 0 Å². The molecule has 1 aromatic carbocycles. The van der Waals surface area contributed by atoms with E-state index in [2.05, 4.69) is 43.4 Å². The van der Waals surface area contributed by atoms with Crippen LogP contribution in [-0.4, -0.2) is 17.8 Å². The van der Waals surface area contributed by atoms with Gasteiger partial charge in [-0.05, 0) is 26.3 Å². The Kier molecular flexibility index (Phi) is 4.11. The highest BCUT2D eigenvalue weighted by Crippen LogP contribution is 2.12. The summed E-state index contributed by atoms with van der Waals surface area (Å²) in [6.45, 7) is 6.61. The van der Waals surface area contributed by atoms with Gasteiger partial charge < -0.3 is 10.4 Å². The third-order valence-electron chi connectivity index (χ3n) is 2.30. The minimum absolute atomic E-state index is 0.289. The maximum Gasteiger partial charge on any atom is 0.0636 e. The Labute approximate surface area is 86.0 Å². The molecule has 0 fully saturated rings. The number of hydrogen-bond acceptors (Lipinski definition) is 2. The molecule has 0 aromatic heterocycles. The molecule has 1 aromatic rings. The molecule has 0 saturated heterocycles. The molecule has 0 aliphatic carbocycles. The first kappa shape index (κ1) is 11.2. The summed E-state index contributed by atoms with van der Waals surface area (Å²) >= 11 is 0. The van der Waals surface area contributed by atoms with Crippen LogP contribution in [0.3, 0.4) is 0 Å². The van der Waals surface area contributed by atoms with Gasteiger partial charge in [-0.2, -0.15) is 0 Å². The zero-order valence-electron chi connectivity index (χ0n) is 9.12. The number of aliphatic hydroxyl groups is 1. The molecule has 1 rings (SSSR count). The smallest absolute Gasteiger partial charge is 0.0636 e. The summed E-state index contributed by atoms with van der Waals surface area (Å²) in [4.78, 5) is 0. The second-order valence-corrected chi connectivity index (χ2v) is 3.89. The minimum Gasteiger partial charge on any atom is -0.392 e. The molecule has 0 aliphatic heterocycles. The number of aliphatic hydroxyl groups excluding tert-OH is 1.